The molecule has 0 unspecified atom stereocenters. The molecule has 0 radical (unpaired) electrons. The average molecular weight is 342 g/mol. The van der Waals surface area contributed by atoms with E-state index in [0.717, 1.165) is 17.7 Å². The molecular weight excluding hydrogens is 327 g/mol. The Labute approximate surface area is 137 Å². The molecule has 2 nitrogen and oxygen atoms in total. The van der Waals surface area contributed by atoms with Gasteiger partial charge in [-0.1, -0.05) is 17.7 Å². The Morgan fingerprint density at radius 2 is 2.00 bits per heavy atom. The number of benzene rings is 2. The molecular formula is C17H15ClF3NO. The maximum absolute atomic E-state index is 13.8. The lowest BCUT2D eigenvalue weighted by Crippen LogP contribution is -2.24. The van der Waals surface area contributed by atoms with E-state index in [0.29, 0.717) is 13.0 Å². The second kappa shape index (κ2) is 6.81. The molecule has 0 atom stereocenters. The highest BCUT2D eigenvalue weighted by Crippen LogP contribution is 2.33. The molecule has 0 saturated carbocycles. The third kappa shape index (κ3) is 3.62. The average Bonchev–Trinajstić information content (AvgIpc) is 2.53. The van der Waals surface area contributed by atoms with Gasteiger partial charge in [0.25, 0.3) is 6.43 Å². The lowest BCUT2D eigenvalue weighted by Gasteiger charge is -2.21. The second-order valence-electron chi connectivity index (χ2n) is 5.41. The molecule has 1 N–H and O–H groups in total. The van der Waals surface area contributed by atoms with Crippen molar-refractivity contribution in [2.75, 3.05) is 6.54 Å². The Kier molecular flexibility index (Phi) is 4.78. The molecule has 122 valence electrons. The van der Waals surface area contributed by atoms with Gasteiger partial charge in [-0.2, -0.15) is 0 Å². The molecule has 0 aliphatic carbocycles. The molecule has 0 saturated heterocycles. The van der Waals surface area contributed by atoms with Crippen LogP contribution in [0.3, 0.4) is 0 Å². The van der Waals surface area contributed by atoms with Crippen LogP contribution in [-0.2, 0) is 19.6 Å². The van der Waals surface area contributed by atoms with Crippen molar-refractivity contribution in [1.82, 2.24) is 5.32 Å². The first-order chi connectivity index (χ1) is 11.0. The van der Waals surface area contributed by atoms with E-state index in [9.17, 15) is 13.2 Å². The van der Waals surface area contributed by atoms with Crippen molar-refractivity contribution in [3.63, 3.8) is 0 Å². The van der Waals surface area contributed by atoms with Gasteiger partial charge in [0.05, 0.1) is 5.56 Å². The SMILES string of the molecule is Fc1cc(Cl)ccc1COc1cc2c(cc1C(F)F)CCNC2. The van der Waals surface area contributed by atoms with Gasteiger partial charge in [0.2, 0.25) is 0 Å². The Morgan fingerprint density at radius 3 is 2.74 bits per heavy atom. The largest absolute Gasteiger partial charge is 0.488 e. The summed E-state index contributed by atoms with van der Waals surface area (Å²) in [6.07, 6.45) is -1.93. The Morgan fingerprint density at radius 1 is 1.17 bits per heavy atom. The number of rotatable bonds is 4. The van der Waals surface area contributed by atoms with E-state index in [1.54, 1.807) is 6.07 Å². The van der Waals surface area contributed by atoms with E-state index in [2.05, 4.69) is 5.32 Å². The summed E-state index contributed by atoms with van der Waals surface area (Å²) < 4.78 is 45.8. The molecule has 0 amide bonds. The maximum atomic E-state index is 13.8. The number of hydrogen-bond acceptors (Lipinski definition) is 2. The minimum absolute atomic E-state index is 0.0943. The number of nitrogens with one attached hydrogen (secondary N) is 1. The number of halogens is 4. The van der Waals surface area contributed by atoms with Gasteiger partial charge in [-0.3, -0.25) is 0 Å². The second-order valence-corrected chi connectivity index (χ2v) is 5.85. The quantitative estimate of drug-likeness (QED) is 0.874. The first-order valence-corrected chi connectivity index (χ1v) is 7.63. The molecule has 0 fully saturated rings. The predicted molar refractivity (Wildman–Crippen MR) is 82.6 cm³/mol. The van der Waals surface area contributed by atoms with Crippen LogP contribution in [0.2, 0.25) is 5.02 Å². The number of hydrogen-bond donors (Lipinski definition) is 1. The number of ether oxygens (including phenoxy) is 1. The molecule has 0 aromatic heterocycles. The van der Waals surface area contributed by atoms with Crippen LogP contribution in [0.25, 0.3) is 0 Å². The maximum Gasteiger partial charge on any atom is 0.267 e. The van der Waals surface area contributed by atoms with E-state index in [1.807, 2.05) is 0 Å². The first kappa shape index (κ1) is 16.1. The van der Waals surface area contributed by atoms with E-state index >= 15 is 0 Å². The highest BCUT2D eigenvalue weighted by atomic mass is 35.5. The summed E-state index contributed by atoms with van der Waals surface area (Å²) in [4.78, 5) is 0. The molecule has 23 heavy (non-hydrogen) atoms. The molecule has 1 heterocycles. The number of alkyl halides is 2. The third-order valence-corrected chi connectivity index (χ3v) is 4.09. The van der Waals surface area contributed by atoms with Gasteiger partial charge in [0.15, 0.2) is 0 Å². The molecule has 6 heteroatoms. The van der Waals surface area contributed by atoms with Gasteiger partial charge < -0.3 is 10.1 Å². The Bertz CT molecular complexity index is 721. The minimum Gasteiger partial charge on any atom is -0.488 e. The van der Waals surface area contributed by atoms with Gasteiger partial charge in [0, 0.05) is 17.1 Å². The van der Waals surface area contributed by atoms with Gasteiger partial charge in [0.1, 0.15) is 18.2 Å². The van der Waals surface area contributed by atoms with Crippen LogP contribution in [0.5, 0.6) is 5.75 Å². The van der Waals surface area contributed by atoms with Gasteiger partial charge in [-0.25, -0.2) is 13.2 Å². The Balaban J connectivity index is 1.86. The van der Waals surface area contributed by atoms with E-state index in [4.69, 9.17) is 16.3 Å². The van der Waals surface area contributed by atoms with Crippen molar-refractivity contribution in [1.29, 1.82) is 0 Å². The van der Waals surface area contributed by atoms with Crippen LogP contribution in [0.4, 0.5) is 13.2 Å². The fraction of sp³-hybridized carbons (Fsp3) is 0.294. The van der Waals surface area contributed by atoms with Crippen molar-refractivity contribution < 1.29 is 17.9 Å². The molecule has 1 aliphatic heterocycles. The molecule has 0 bridgehead atoms. The van der Waals surface area contributed by atoms with Crippen LogP contribution < -0.4 is 10.1 Å². The van der Waals surface area contributed by atoms with Crippen LogP contribution in [0.1, 0.15) is 28.7 Å². The predicted octanol–water partition coefficient (Wildman–Crippen LogP) is 4.64. The topological polar surface area (TPSA) is 21.3 Å². The van der Waals surface area contributed by atoms with Gasteiger partial charge in [-0.15, -0.1) is 0 Å². The normalized spacial score (nSPS) is 14.0. The van der Waals surface area contributed by atoms with Crippen LogP contribution in [0, 0.1) is 5.82 Å². The molecule has 2 aromatic rings. The van der Waals surface area contributed by atoms with Crippen molar-refractivity contribution in [2.24, 2.45) is 0 Å². The zero-order valence-electron chi connectivity index (χ0n) is 12.2. The summed E-state index contributed by atoms with van der Waals surface area (Å²) in [6.45, 7) is 1.26. The lowest BCUT2D eigenvalue weighted by atomic mass is 9.97. The van der Waals surface area contributed by atoms with Crippen LogP contribution in [0.15, 0.2) is 30.3 Å². The van der Waals surface area contributed by atoms with E-state index in [-0.39, 0.29) is 28.5 Å². The monoisotopic (exact) mass is 341 g/mol. The molecule has 3 rings (SSSR count). The highest BCUT2D eigenvalue weighted by Gasteiger charge is 2.20. The van der Waals surface area contributed by atoms with Crippen LogP contribution >= 0.6 is 11.6 Å². The van der Waals surface area contributed by atoms with Crippen LogP contribution in [-0.4, -0.2) is 6.54 Å². The van der Waals surface area contributed by atoms with E-state index in [1.165, 1.54) is 24.3 Å². The summed E-state index contributed by atoms with van der Waals surface area (Å²) >= 11 is 5.69. The van der Waals surface area contributed by atoms with Crippen molar-refractivity contribution in [3.05, 3.63) is 63.4 Å². The summed E-state index contributed by atoms with van der Waals surface area (Å²) in [5.41, 5.74) is 1.96. The Hall–Kier alpha value is -1.72. The summed E-state index contributed by atoms with van der Waals surface area (Å²) in [7, 11) is 0. The fourth-order valence-corrected chi connectivity index (χ4v) is 2.78. The molecule has 0 spiro atoms. The zero-order chi connectivity index (χ0) is 16.4. The highest BCUT2D eigenvalue weighted by molar-refractivity contribution is 6.30. The van der Waals surface area contributed by atoms with Crippen molar-refractivity contribution in [2.45, 2.75) is 26.0 Å². The van der Waals surface area contributed by atoms with Gasteiger partial charge in [-0.05, 0) is 48.4 Å². The smallest absolute Gasteiger partial charge is 0.267 e. The first-order valence-electron chi connectivity index (χ1n) is 7.26. The van der Waals surface area contributed by atoms with Crippen molar-refractivity contribution >= 4 is 11.6 Å². The third-order valence-electron chi connectivity index (χ3n) is 3.85. The fourth-order valence-electron chi connectivity index (χ4n) is 2.62. The molecule has 2 aromatic carbocycles. The summed E-state index contributed by atoms with van der Waals surface area (Å²) in [5.74, 6) is -0.424. The number of fused-ring (bicyclic) bond motifs is 1. The minimum atomic E-state index is -2.64. The standard InChI is InChI=1S/C17H15ClF3NO/c18-13-2-1-11(15(19)7-13)9-23-16-6-12-8-22-4-3-10(12)5-14(16)17(20)21/h1-2,5-7,17,22H,3-4,8-9H2. The zero-order valence-corrected chi connectivity index (χ0v) is 13.0. The van der Waals surface area contributed by atoms with Gasteiger partial charge >= 0.3 is 0 Å². The van der Waals surface area contributed by atoms with E-state index < -0.39 is 12.2 Å². The van der Waals surface area contributed by atoms with Crippen molar-refractivity contribution in [3.8, 4) is 5.75 Å². The summed E-state index contributed by atoms with van der Waals surface area (Å²) in [5, 5.41) is 3.47. The molecule has 1 aliphatic rings. The summed E-state index contributed by atoms with van der Waals surface area (Å²) in [6, 6.07) is 7.31. The lowest BCUT2D eigenvalue weighted by molar-refractivity contribution is 0.144.